The highest BCUT2D eigenvalue weighted by molar-refractivity contribution is 5.85. The first-order valence-corrected chi connectivity index (χ1v) is 6.88. The molecule has 1 aliphatic rings. The van der Waals surface area contributed by atoms with E-state index in [4.69, 9.17) is 0 Å². The smallest absolute Gasteiger partial charge is 0.0346 e. The van der Waals surface area contributed by atoms with E-state index in [-0.39, 0.29) is 24.8 Å². The van der Waals surface area contributed by atoms with Crippen molar-refractivity contribution in [3.05, 3.63) is 35.4 Å². The molecule has 2 nitrogen and oxygen atoms in total. The number of nitrogens with zero attached hydrogens (tertiary/aromatic N) is 1. The lowest BCUT2D eigenvalue weighted by Crippen LogP contribution is -2.45. The van der Waals surface area contributed by atoms with Gasteiger partial charge in [0.05, 0.1) is 0 Å². The Morgan fingerprint density at radius 3 is 2.11 bits per heavy atom. The summed E-state index contributed by atoms with van der Waals surface area (Å²) in [6.07, 6.45) is 2.33. The van der Waals surface area contributed by atoms with E-state index in [2.05, 4.69) is 48.3 Å². The van der Waals surface area contributed by atoms with E-state index in [1.807, 2.05) is 0 Å². The van der Waals surface area contributed by atoms with Crippen molar-refractivity contribution in [2.75, 3.05) is 26.2 Å². The monoisotopic (exact) mass is 304 g/mol. The fraction of sp³-hybridized carbons (Fsp3) is 0.600. The molecule has 110 valence electrons. The minimum Gasteiger partial charge on any atom is -0.314 e. The molecule has 1 aromatic rings. The van der Waals surface area contributed by atoms with Crippen molar-refractivity contribution >= 4 is 24.8 Å². The largest absolute Gasteiger partial charge is 0.314 e. The summed E-state index contributed by atoms with van der Waals surface area (Å²) < 4.78 is 0. The summed E-state index contributed by atoms with van der Waals surface area (Å²) in [5.41, 5.74) is 2.91. The summed E-state index contributed by atoms with van der Waals surface area (Å²) in [5, 5.41) is 3.42. The van der Waals surface area contributed by atoms with Crippen LogP contribution in [-0.4, -0.2) is 31.1 Å². The molecule has 1 fully saturated rings. The summed E-state index contributed by atoms with van der Waals surface area (Å²) in [7, 11) is 0. The minimum absolute atomic E-state index is 0. The van der Waals surface area contributed by atoms with Gasteiger partial charge in [-0.2, -0.15) is 0 Å². The molecular weight excluding hydrogens is 279 g/mol. The van der Waals surface area contributed by atoms with E-state index in [1.54, 1.807) is 0 Å². The van der Waals surface area contributed by atoms with Gasteiger partial charge in [-0.3, -0.25) is 4.90 Å². The molecule has 0 unspecified atom stereocenters. The lowest BCUT2D eigenvalue weighted by Gasteiger charge is -2.34. The highest BCUT2D eigenvalue weighted by Gasteiger charge is 2.20. The van der Waals surface area contributed by atoms with Crippen LogP contribution in [0.25, 0.3) is 0 Å². The Hall–Kier alpha value is -0.280. The molecule has 0 amide bonds. The molecule has 1 aromatic carbocycles. The second-order valence-corrected chi connectivity index (χ2v) is 4.81. The zero-order valence-corrected chi connectivity index (χ0v) is 13.5. The van der Waals surface area contributed by atoms with Crippen LogP contribution in [-0.2, 0) is 6.42 Å². The quantitative estimate of drug-likeness (QED) is 0.916. The second kappa shape index (κ2) is 9.60. The SMILES string of the molecule is CCc1ccc([C@@H](CC)N2CCNCC2)cc1.Cl.Cl. The summed E-state index contributed by atoms with van der Waals surface area (Å²) in [4.78, 5) is 2.61. The standard InChI is InChI=1S/C15H24N2.2ClH/c1-3-13-5-7-14(8-6-13)15(4-2)17-11-9-16-10-12-17;;/h5-8,15-16H,3-4,9-12H2,1-2H3;2*1H/t15-;;/m1../s1. The number of hydrogen-bond acceptors (Lipinski definition) is 2. The molecule has 1 atom stereocenters. The third-order valence-corrected chi connectivity index (χ3v) is 3.75. The highest BCUT2D eigenvalue weighted by Crippen LogP contribution is 2.24. The minimum atomic E-state index is 0. The predicted octanol–water partition coefficient (Wildman–Crippen LogP) is 3.45. The van der Waals surface area contributed by atoms with Gasteiger partial charge in [0.2, 0.25) is 0 Å². The van der Waals surface area contributed by atoms with Crippen molar-refractivity contribution in [2.45, 2.75) is 32.7 Å². The lowest BCUT2D eigenvalue weighted by molar-refractivity contribution is 0.169. The lowest BCUT2D eigenvalue weighted by atomic mass is 10.00. The summed E-state index contributed by atoms with van der Waals surface area (Å²) in [6.45, 7) is 9.11. The van der Waals surface area contributed by atoms with Crippen LogP contribution in [0.4, 0.5) is 0 Å². The first kappa shape index (κ1) is 18.7. The van der Waals surface area contributed by atoms with Gasteiger partial charge in [-0.25, -0.2) is 0 Å². The fourth-order valence-corrected chi connectivity index (χ4v) is 2.67. The molecule has 0 radical (unpaired) electrons. The van der Waals surface area contributed by atoms with E-state index in [0.29, 0.717) is 6.04 Å². The van der Waals surface area contributed by atoms with Crippen LogP contribution in [0.5, 0.6) is 0 Å². The number of hydrogen-bond donors (Lipinski definition) is 1. The van der Waals surface area contributed by atoms with Gasteiger partial charge in [-0.1, -0.05) is 38.1 Å². The zero-order valence-electron chi connectivity index (χ0n) is 11.9. The van der Waals surface area contributed by atoms with Gasteiger partial charge in [0, 0.05) is 32.2 Å². The van der Waals surface area contributed by atoms with Crippen molar-refractivity contribution in [1.29, 1.82) is 0 Å². The third kappa shape index (κ3) is 4.96. The third-order valence-electron chi connectivity index (χ3n) is 3.75. The van der Waals surface area contributed by atoms with Gasteiger partial charge < -0.3 is 5.32 Å². The van der Waals surface area contributed by atoms with Crippen LogP contribution in [0.1, 0.15) is 37.4 Å². The topological polar surface area (TPSA) is 15.3 Å². The molecule has 1 aliphatic heterocycles. The zero-order chi connectivity index (χ0) is 12.1. The van der Waals surface area contributed by atoms with E-state index in [1.165, 1.54) is 30.6 Å². The van der Waals surface area contributed by atoms with E-state index in [9.17, 15) is 0 Å². The molecule has 2 rings (SSSR count). The van der Waals surface area contributed by atoms with Crippen LogP contribution in [0.15, 0.2) is 24.3 Å². The molecule has 0 aromatic heterocycles. The van der Waals surface area contributed by atoms with Crippen LogP contribution >= 0.6 is 24.8 Å². The van der Waals surface area contributed by atoms with Crippen molar-refractivity contribution in [2.24, 2.45) is 0 Å². The first-order chi connectivity index (χ1) is 8.35. The summed E-state index contributed by atoms with van der Waals surface area (Å²) >= 11 is 0. The average molecular weight is 305 g/mol. The maximum absolute atomic E-state index is 3.42. The average Bonchev–Trinajstić information content (AvgIpc) is 2.42. The molecule has 0 bridgehead atoms. The fourth-order valence-electron chi connectivity index (χ4n) is 2.67. The number of nitrogens with one attached hydrogen (secondary N) is 1. The number of rotatable bonds is 4. The molecule has 19 heavy (non-hydrogen) atoms. The van der Waals surface area contributed by atoms with Crippen LogP contribution in [0, 0.1) is 0 Å². The van der Waals surface area contributed by atoms with Crippen molar-refractivity contribution in [3.8, 4) is 0 Å². The molecule has 4 heteroatoms. The van der Waals surface area contributed by atoms with Gasteiger partial charge in [0.1, 0.15) is 0 Å². The highest BCUT2D eigenvalue weighted by atomic mass is 35.5. The Morgan fingerprint density at radius 2 is 1.63 bits per heavy atom. The van der Waals surface area contributed by atoms with E-state index in [0.717, 1.165) is 19.5 Å². The molecule has 0 spiro atoms. The normalized spacial score (nSPS) is 17.2. The molecule has 0 aliphatic carbocycles. The number of aryl methyl sites for hydroxylation is 1. The van der Waals surface area contributed by atoms with Crippen LogP contribution in [0.2, 0.25) is 0 Å². The number of halogens is 2. The Kier molecular flexibility index (Phi) is 9.46. The van der Waals surface area contributed by atoms with Gasteiger partial charge in [0.15, 0.2) is 0 Å². The molecule has 1 N–H and O–H groups in total. The van der Waals surface area contributed by atoms with Gasteiger partial charge >= 0.3 is 0 Å². The summed E-state index contributed by atoms with van der Waals surface area (Å²) in [6, 6.07) is 9.78. The van der Waals surface area contributed by atoms with E-state index >= 15 is 0 Å². The van der Waals surface area contributed by atoms with Crippen LogP contribution in [0.3, 0.4) is 0 Å². The van der Waals surface area contributed by atoms with Crippen molar-refractivity contribution in [1.82, 2.24) is 10.2 Å². The Morgan fingerprint density at radius 1 is 1.05 bits per heavy atom. The molecule has 1 saturated heterocycles. The molecule has 0 saturated carbocycles. The molecule has 1 heterocycles. The Bertz CT molecular complexity index is 335. The van der Waals surface area contributed by atoms with Gasteiger partial charge in [-0.15, -0.1) is 24.8 Å². The van der Waals surface area contributed by atoms with Crippen molar-refractivity contribution in [3.63, 3.8) is 0 Å². The second-order valence-electron chi connectivity index (χ2n) is 4.81. The predicted molar refractivity (Wildman–Crippen MR) is 87.8 cm³/mol. The Labute approximate surface area is 129 Å². The summed E-state index contributed by atoms with van der Waals surface area (Å²) in [5.74, 6) is 0. The van der Waals surface area contributed by atoms with E-state index < -0.39 is 0 Å². The van der Waals surface area contributed by atoms with Gasteiger partial charge in [-0.05, 0) is 24.0 Å². The van der Waals surface area contributed by atoms with Crippen LogP contribution < -0.4 is 5.32 Å². The first-order valence-electron chi connectivity index (χ1n) is 6.88. The number of piperazine rings is 1. The maximum Gasteiger partial charge on any atom is 0.0346 e. The maximum atomic E-state index is 3.42. The molecular formula is C15H26Cl2N2. The number of benzene rings is 1. The van der Waals surface area contributed by atoms with Gasteiger partial charge in [0.25, 0.3) is 0 Å². The Balaban J connectivity index is 0.00000162. The van der Waals surface area contributed by atoms with Crippen molar-refractivity contribution < 1.29 is 0 Å².